The van der Waals surface area contributed by atoms with Gasteiger partial charge in [-0.3, -0.25) is 5.10 Å². The first kappa shape index (κ1) is 12.5. The molecule has 2 heterocycles. The van der Waals surface area contributed by atoms with Crippen LogP contribution in [-0.4, -0.2) is 29.3 Å². The van der Waals surface area contributed by atoms with Crippen molar-refractivity contribution >= 4 is 17.4 Å². The summed E-state index contributed by atoms with van der Waals surface area (Å²) in [7, 11) is 0. The molecule has 3 rings (SSSR count). The second kappa shape index (κ2) is 5.23. The maximum atomic E-state index is 6.00. The molecule has 0 aliphatic carbocycles. The third-order valence-electron chi connectivity index (χ3n) is 3.50. The SMILES string of the molecule is NC1CCCN(c2cc(-c3ccc(Cl)cc3)[nH]n2)C1. The smallest absolute Gasteiger partial charge is 0.151 e. The molecule has 1 aromatic carbocycles. The Bertz CT molecular complexity index is 549. The maximum Gasteiger partial charge on any atom is 0.151 e. The minimum Gasteiger partial charge on any atom is -0.354 e. The van der Waals surface area contributed by atoms with Crippen molar-refractivity contribution in [3.63, 3.8) is 0 Å². The molecule has 0 radical (unpaired) electrons. The van der Waals surface area contributed by atoms with E-state index in [2.05, 4.69) is 21.2 Å². The number of H-pyrrole nitrogens is 1. The van der Waals surface area contributed by atoms with E-state index in [0.717, 1.165) is 48.0 Å². The molecule has 1 atom stereocenters. The summed E-state index contributed by atoms with van der Waals surface area (Å²) < 4.78 is 0. The molecule has 0 amide bonds. The number of nitrogens with zero attached hydrogens (tertiary/aromatic N) is 2. The highest BCUT2D eigenvalue weighted by Gasteiger charge is 2.19. The maximum absolute atomic E-state index is 6.00. The molecular weight excluding hydrogens is 260 g/mol. The summed E-state index contributed by atoms with van der Waals surface area (Å²) >= 11 is 5.89. The van der Waals surface area contributed by atoms with Crippen LogP contribution in [0.3, 0.4) is 0 Å². The van der Waals surface area contributed by atoms with Crippen molar-refractivity contribution in [2.24, 2.45) is 5.73 Å². The Morgan fingerprint density at radius 1 is 1.32 bits per heavy atom. The van der Waals surface area contributed by atoms with Gasteiger partial charge in [0.2, 0.25) is 0 Å². The largest absolute Gasteiger partial charge is 0.354 e. The van der Waals surface area contributed by atoms with Crippen molar-refractivity contribution in [3.8, 4) is 11.3 Å². The Kier molecular flexibility index (Phi) is 3.44. The Balaban J connectivity index is 1.81. The number of nitrogens with one attached hydrogen (secondary N) is 1. The molecule has 1 saturated heterocycles. The van der Waals surface area contributed by atoms with Gasteiger partial charge in [-0.25, -0.2) is 0 Å². The first-order valence-electron chi connectivity index (χ1n) is 6.54. The minimum atomic E-state index is 0.254. The van der Waals surface area contributed by atoms with E-state index < -0.39 is 0 Å². The van der Waals surface area contributed by atoms with E-state index in [9.17, 15) is 0 Å². The second-order valence-electron chi connectivity index (χ2n) is 5.00. The summed E-state index contributed by atoms with van der Waals surface area (Å²) in [6, 6.07) is 10.1. The summed E-state index contributed by atoms with van der Waals surface area (Å²) in [4.78, 5) is 2.24. The van der Waals surface area contributed by atoms with Crippen molar-refractivity contribution in [2.75, 3.05) is 18.0 Å². The number of nitrogens with two attached hydrogens (primary N) is 1. The number of anilines is 1. The predicted octanol–water partition coefficient (Wildman–Crippen LogP) is 2.66. The third kappa shape index (κ3) is 2.74. The molecule has 0 spiro atoms. The van der Waals surface area contributed by atoms with Crippen LogP contribution in [0.1, 0.15) is 12.8 Å². The molecule has 2 aromatic rings. The lowest BCUT2D eigenvalue weighted by Gasteiger charge is -2.30. The van der Waals surface area contributed by atoms with Gasteiger partial charge >= 0.3 is 0 Å². The van der Waals surface area contributed by atoms with Crippen molar-refractivity contribution < 1.29 is 0 Å². The van der Waals surface area contributed by atoms with E-state index in [1.807, 2.05) is 24.3 Å². The number of aromatic amines is 1. The zero-order valence-corrected chi connectivity index (χ0v) is 11.4. The Morgan fingerprint density at radius 2 is 2.11 bits per heavy atom. The van der Waals surface area contributed by atoms with Gasteiger partial charge in [0.05, 0.1) is 5.69 Å². The van der Waals surface area contributed by atoms with Crippen molar-refractivity contribution in [1.82, 2.24) is 10.2 Å². The van der Waals surface area contributed by atoms with Crippen LogP contribution < -0.4 is 10.6 Å². The Labute approximate surface area is 117 Å². The average Bonchev–Trinajstić information content (AvgIpc) is 2.89. The molecule has 1 aromatic heterocycles. The van der Waals surface area contributed by atoms with E-state index in [0.29, 0.717) is 0 Å². The monoisotopic (exact) mass is 276 g/mol. The highest BCUT2D eigenvalue weighted by molar-refractivity contribution is 6.30. The molecular formula is C14H17ClN4. The number of aromatic nitrogens is 2. The van der Waals surface area contributed by atoms with Gasteiger partial charge in [0.15, 0.2) is 5.82 Å². The van der Waals surface area contributed by atoms with Crippen LogP contribution in [0.15, 0.2) is 30.3 Å². The summed E-state index contributed by atoms with van der Waals surface area (Å²) in [5.41, 5.74) is 8.10. The summed E-state index contributed by atoms with van der Waals surface area (Å²) in [6.07, 6.45) is 2.23. The molecule has 0 bridgehead atoms. The number of piperidine rings is 1. The summed E-state index contributed by atoms with van der Waals surface area (Å²) in [6.45, 7) is 1.91. The fraction of sp³-hybridized carbons (Fsp3) is 0.357. The van der Waals surface area contributed by atoms with Crippen LogP contribution in [0.5, 0.6) is 0 Å². The fourth-order valence-electron chi connectivity index (χ4n) is 2.47. The van der Waals surface area contributed by atoms with Crippen LogP contribution in [0.4, 0.5) is 5.82 Å². The van der Waals surface area contributed by atoms with E-state index in [-0.39, 0.29) is 6.04 Å². The third-order valence-corrected chi connectivity index (χ3v) is 3.75. The minimum absolute atomic E-state index is 0.254. The summed E-state index contributed by atoms with van der Waals surface area (Å²) in [5.74, 6) is 0.972. The van der Waals surface area contributed by atoms with Gasteiger partial charge in [-0.05, 0) is 30.5 Å². The van der Waals surface area contributed by atoms with Gasteiger partial charge < -0.3 is 10.6 Å². The van der Waals surface area contributed by atoms with Crippen molar-refractivity contribution in [1.29, 1.82) is 0 Å². The van der Waals surface area contributed by atoms with Crippen molar-refractivity contribution in [3.05, 3.63) is 35.4 Å². The Hall–Kier alpha value is -1.52. The van der Waals surface area contributed by atoms with Crippen LogP contribution >= 0.6 is 11.6 Å². The molecule has 3 N–H and O–H groups in total. The lowest BCUT2D eigenvalue weighted by molar-refractivity contribution is 0.503. The van der Waals surface area contributed by atoms with Gasteiger partial charge in [0.25, 0.3) is 0 Å². The second-order valence-corrected chi connectivity index (χ2v) is 5.43. The lowest BCUT2D eigenvalue weighted by atomic mass is 10.1. The number of hydrogen-bond donors (Lipinski definition) is 2. The number of halogens is 1. The van der Waals surface area contributed by atoms with E-state index in [1.165, 1.54) is 0 Å². The molecule has 5 heteroatoms. The Morgan fingerprint density at radius 3 is 2.84 bits per heavy atom. The topological polar surface area (TPSA) is 57.9 Å². The molecule has 4 nitrogen and oxygen atoms in total. The molecule has 1 aliphatic rings. The van der Waals surface area contributed by atoms with Gasteiger partial charge in [-0.2, -0.15) is 5.10 Å². The standard InChI is InChI=1S/C14H17ClN4/c15-11-5-3-10(4-6-11)13-8-14(18-17-13)19-7-1-2-12(16)9-19/h3-6,8,12H,1-2,7,9,16H2,(H,17,18). The van der Waals surface area contributed by atoms with E-state index >= 15 is 0 Å². The van der Waals surface area contributed by atoms with E-state index in [4.69, 9.17) is 17.3 Å². The molecule has 19 heavy (non-hydrogen) atoms. The lowest BCUT2D eigenvalue weighted by Crippen LogP contribution is -2.43. The average molecular weight is 277 g/mol. The normalized spacial score (nSPS) is 19.7. The molecule has 100 valence electrons. The molecule has 1 aliphatic heterocycles. The molecule has 0 saturated carbocycles. The fourth-order valence-corrected chi connectivity index (χ4v) is 2.59. The van der Waals surface area contributed by atoms with Crippen LogP contribution in [0.25, 0.3) is 11.3 Å². The number of benzene rings is 1. The van der Waals surface area contributed by atoms with Crippen LogP contribution in [0, 0.1) is 0 Å². The summed E-state index contributed by atoms with van der Waals surface area (Å²) in [5, 5.41) is 8.20. The molecule has 1 fully saturated rings. The van der Waals surface area contributed by atoms with Crippen LogP contribution in [0.2, 0.25) is 5.02 Å². The van der Waals surface area contributed by atoms with Crippen LogP contribution in [-0.2, 0) is 0 Å². The zero-order chi connectivity index (χ0) is 13.2. The molecule has 1 unspecified atom stereocenters. The highest BCUT2D eigenvalue weighted by Crippen LogP contribution is 2.24. The van der Waals surface area contributed by atoms with Gasteiger partial charge in [-0.1, -0.05) is 23.7 Å². The number of hydrogen-bond acceptors (Lipinski definition) is 3. The predicted molar refractivity (Wildman–Crippen MR) is 78.5 cm³/mol. The van der Waals surface area contributed by atoms with Gasteiger partial charge in [0, 0.05) is 30.2 Å². The van der Waals surface area contributed by atoms with Crippen molar-refractivity contribution in [2.45, 2.75) is 18.9 Å². The highest BCUT2D eigenvalue weighted by atomic mass is 35.5. The quantitative estimate of drug-likeness (QED) is 0.887. The van der Waals surface area contributed by atoms with Gasteiger partial charge in [0.1, 0.15) is 0 Å². The first-order valence-corrected chi connectivity index (χ1v) is 6.92. The van der Waals surface area contributed by atoms with E-state index in [1.54, 1.807) is 0 Å². The first-order chi connectivity index (χ1) is 9.22. The van der Waals surface area contributed by atoms with Gasteiger partial charge in [-0.15, -0.1) is 0 Å². The zero-order valence-electron chi connectivity index (χ0n) is 10.6. The number of rotatable bonds is 2.